The number of rotatable bonds is 7. The Labute approximate surface area is 184 Å². The average molecular weight is 442 g/mol. The molecule has 0 spiro atoms. The van der Waals surface area contributed by atoms with E-state index in [1.807, 2.05) is 19.1 Å². The quantitative estimate of drug-likeness (QED) is 0.346. The maximum Gasteiger partial charge on any atom is 0.340 e. The van der Waals surface area contributed by atoms with Crippen molar-refractivity contribution in [3.8, 4) is 0 Å². The van der Waals surface area contributed by atoms with E-state index in [1.165, 1.54) is 18.7 Å². The van der Waals surface area contributed by atoms with Crippen molar-refractivity contribution in [1.82, 2.24) is 10.6 Å². The maximum atomic E-state index is 12.7. The molecule has 0 bridgehead atoms. The zero-order chi connectivity index (χ0) is 22.6. The van der Waals surface area contributed by atoms with Gasteiger partial charge in [0.1, 0.15) is 5.54 Å². The first-order valence-corrected chi connectivity index (χ1v) is 10.6. The SMILES string of the molecule is Cc1ccc(NC(=O)[C@H](C)OC(=O)c2ccccc2SC[C@]2(C)NC(=O)NC2=O)cc1. The Morgan fingerprint density at radius 1 is 1.13 bits per heavy atom. The number of urea groups is 1. The van der Waals surface area contributed by atoms with Crippen LogP contribution in [0, 0.1) is 6.92 Å². The minimum atomic E-state index is -1.08. The number of thioether (sulfide) groups is 1. The number of hydrogen-bond acceptors (Lipinski definition) is 6. The van der Waals surface area contributed by atoms with Gasteiger partial charge in [-0.1, -0.05) is 29.8 Å². The molecule has 4 amide bonds. The van der Waals surface area contributed by atoms with Crippen LogP contribution < -0.4 is 16.0 Å². The number of amides is 4. The van der Waals surface area contributed by atoms with Crippen LogP contribution in [-0.2, 0) is 14.3 Å². The van der Waals surface area contributed by atoms with Gasteiger partial charge in [0.15, 0.2) is 6.10 Å². The minimum Gasteiger partial charge on any atom is -0.449 e. The first-order valence-electron chi connectivity index (χ1n) is 9.62. The van der Waals surface area contributed by atoms with Crippen LogP contribution in [0.5, 0.6) is 0 Å². The summed E-state index contributed by atoms with van der Waals surface area (Å²) < 4.78 is 5.36. The Balaban J connectivity index is 1.63. The summed E-state index contributed by atoms with van der Waals surface area (Å²) in [4.78, 5) is 49.1. The molecule has 3 N–H and O–H groups in total. The Morgan fingerprint density at radius 2 is 1.81 bits per heavy atom. The molecule has 9 heteroatoms. The predicted molar refractivity (Wildman–Crippen MR) is 117 cm³/mol. The Hall–Kier alpha value is -3.33. The summed E-state index contributed by atoms with van der Waals surface area (Å²) in [5.41, 5.74) is 0.866. The molecular weight excluding hydrogens is 418 g/mol. The van der Waals surface area contributed by atoms with Gasteiger partial charge in [-0.3, -0.25) is 14.9 Å². The Kier molecular flexibility index (Phi) is 6.65. The van der Waals surface area contributed by atoms with Crippen molar-refractivity contribution in [3.05, 3.63) is 59.7 Å². The molecular formula is C22H23N3O5S. The van der Waals surface area contributed by atoms with E-state index in [1.54, 1.807) is 43.3 Å². The van der Waals surface area contributed by atoms with E-state index in [0.29, 0.717) is 10.6 Å². The number of nitrogens with one attached hydrogen (secondary N) is 3. The van der Waals surface area contributed by atoms with Gasteiger partial charge >= 0.3 is 12.0 Å². The monoisotopic (exact) mass is 441 g/mol. The molecule has 0 aromatic heterocycles. The van der Waals surface area contributed by atoms with Gasteiger partial charge in [-0.2, -0.15) is 0 Å². The van der Waals surface area contributed by atoms with Crippen molar-refractivity contribution in [2.75, 3.05) is 11.1 Å². The maximum absolute atomic E-state index is 12.7. The summed E-state index contributed by atoms with van der Waals surface area (Å²) >= 11 is 1.24. The molecule has 2 atom stereocenters. The molecule has 31 heavy (non-hydrogen) atoms. The molecule has 2 aromatic rings. The highest BCUT2D eigenvalue weighted by molar-refractivity contribution is 7.99. The third kappa shape index (κ3) is 5.43. The third-order valence-electron chi connectivity index (χ3n) is 4.71. The molecule has 1 fully saturated rings. The molecule has 1 saturated heterocycles. The smallest absolute Gasteiger partial charge is 0.340 e. The highest BCUT2D eigenvalue weighted by atomic mass is 32.2. The fourth-order valence-electron chi connectivity index (χ4n) is 2.82. The molecule has 0 unspecified atom stereocenters. The van der Waals surface area contributed by atoms with E-state index in [2.05, 4.69) is 16.0 Å². The molecule has 8 nitrogen and oxygen atoms in total. The van der Waals surface area contributed by atoms with Crippen LogP contribution in [0.3, 0.4) is 0 Å². The van der Waals surface area contributed by atoms with Crippen LogP contribution in [0.1, 0.15) is 29.8 Å². The first kappa shape index (κ1) is 22.4. The number of anilines is 1. The van der Waals surface area contributed by atoms with Crippen molar-refractivity contribution >= 4 is 41.3 Å². The molecule has 0 saturated carbocycles. The van der Waals surface area contributed by atoms with Gasteiger partial charge in [-0.25, -0.2) is 9.59 Å². The molecule has 1 heterocycles. The summed E-state index contributed by atoms with van der Waals surface area (Å²) in [6.45, 7) is 5.05. The van der Waals surface area contributed by atoms with E-state index in [4.69, 9.17) is 4.74 Å². The molecule has 2 aromatic carbocycles. The fourth-order valence-corrected chi connectivity index (χ4v) is 3.95. The lowest BCUT2D eigenvalue weighted by Gasteiger charge is -2.20. The van der Waals surface area contributed by atoms with Gasteiger partial charge in [0.05, 0.1) is 5.56 Å². The number of carbonyl (C=O) groups excluding carboxylic acids is 4. The highest BCUT2D eigenvalue weighted by Crippen LogP contribution is 2.28. The topological polar surface area (TPSA) is 114 Å². The Bertz CT molecular complexity index is 1020. The van der Waals surface area contributed by atoms with Crippen LogP contribution in [0.25, 0.3) is 0 Å². The molecule has 0 radical (unpaired) electrons. The van der Waals surface area contributed by atoms with E-state index in [0.717, 1.165) is 5.56 Å². The summed E-state index contributed by atoms with van der Waals surface area (Å²) in [5, 5.41) is 7.50. The number of carbonyl (C=O) groups is 4. The number of benzene rings is 2. The number of aryl methyl sites for hydroxylation is 1. The van der Waals surface area contributed by atoms with Gasteiger partial charge in [0.2, 0.25) is 0 Å². The number of ether oxygens (including phenoxy) is 1. The van der Waals surface area contributed by atoms with E-state index in [9.17, 15) is 19.2 Å². The number of hydrogen-bond donors (Lipinski definition) is 3. The lowest BCUT2D eigenvalue weighted by Crippen LogP contribution is -2.46. The average Bonchev–Trinajstić information content (AvgIpc) is 2.99. The summed E-state index contributed by atoms with van der Waals surface area (Å²) in [6.07, 6.45) is -1.01. The van der Waals surface area contributed by atoms with E-state index < -0.39 is 35.5 Å². The summed E-state index contributed by atoms with van der Waals surface area (Å²) in [6, 6.07) is 13.5. The van der Waals surface area contributed by atoms with E-state index in [-0.39, 0.29) is 11.3 Å². The zero-order valence-corrected chi connectivity index (χ0v) is 18.2. The van der Waals surface area contributed by atoms with Crippen LogP contribution in [0.4, 0.5) is 10.5 Å². The lowest BCUT2D eigenvalue weighted by atomic mass is 10.1. The largest absolute Gasteiger partial charge is 0.449 e. The normalized spacial score (nSPS) is 18.7. The standard InChI is InChI=1S/C22H23N3O5S/c1-13-8-10-15(11-9-13)23-18(26)14(2)30-19(27)16-6-4-5-7-17(16)31-12-22(3)20(28)24-21(29)25-22/h4-11,14H,12H2,1-3H3,(H,23,26)(H2,24,25,28,29)/t14-,22-/m0/s1. The predicted octanol–water partition coefficient (Wildman–Crippen LogP) is 2.87. The lowest BCUT2D eigenvalue weighted by molar-refractivity contribution is -0.124. The molecule has 162 valence electrons. The molecule has 3 rings (SSSR count). The van der Waals surface area contributed by atoms with Gasteiger partial charge in [-0.05, 0) is 45.0 Å². The second-order valence-electron chi connectivity index (χ2n) is 7.43. The van der Waals surface area contributed by atoms with Crippen LogP contribution in [-0.4, -0.2) is 41.2 Å². The highest BCUT2D eigenvalue weighted by Gasteiger charge is 2.42. The van der Waals surface area contributed by atoms with Gasteiger partial charge < -0.3 is 15.4 Å². The minimum absolute atomic E-state index is 0.221. The van der Waals surface area contributed by atoms with Crippen molar-refractivity contribution in [2.45, 2.75) is 37.3 Å². The molecule has 1 aliphatic rings. The number of esters is 1. The van der Waals surface area contributed by atoms with Crippen molar-refractivity contribution in [1.29, 1.82) is 0 Å². The van der Waals surface area contributed by atoms with Crippen LogP contribution >= 0.6 is 11.8 Å². The van der Waals surface area contributed by atoms with E-state index >= 15 is 0 Å². The molecule has 1 aliphatic heterocycles. The Morgan fingerprint density at radius 3 is 2.45 bits per heavy atom. The fraction of sp³-hybridized carbons (Fsp3) is 0.273. The van der Waals surface area contributed by atoms with Crippen molar-refractivity contribution in [3.63, 3.8) is 0 Å². The summed E-state index contributed by atoms with van der Waals surface area (Å²) in [5.74, 6) is -1.30. The van der Waals surface area contributed by atoms with Crippen LogP contribution in [0.15, 0.2) is 53.4 Å². The zero-order valence-electron chi connectivity index (χ0n) is 17.4. The second-order valence-corrected chi connectivity index (χ2v) is 8.45. The third-order valence-corrected chi connectivity index (χ3v) is 6.10. The number of imide groups is 1. The van der Waals surface area contributed by atoms with Gasteiger partial charge in [0.25, 0.3) is 11.8 Å². The molecule has 0 aliphatic carbocycles. The van der Waals surface area contributed by atoms with Crippen molar-refractivity contribution in [2.24, 2.45) is 0 Å². The first-order chi connectivity index (χ1) is 14.7. The summed E-state index contributed by atoms with van der Waals surface area (Å²) in [7, 11) is 0. The van der Waals surface area contributed by atoms with Crippen molar-refractivity contribution < 1.29 is 23.9 Å². The second kappa shape index (κ2) is 9.22. The van der Waals surface area contributed by atoms with Crippen LogP contribution in [0.2, 0.25) is 0 Å². The van der Waals surface area contributed by atoms with Gasteiger partial charge in [0, 0.05) is 16.3 Å². The van der Waals surface area contributed by atoms with Gasteiger partial charge in [-0.15, -0.1) is 11.8 Å².